The third kappa shape index (κ3) is 2.95. The van der Waals surface area contributed by atoms with Gasteiger partial charge in [0.25, 0.3) is 0 Å². The Morgan fingerprint density at radius 2 is 1.62 bits per heavy atom. The maximum Gasteiger partial charge on any atom is 0.201 e. The lowest BCUT2D eigenvalue weighted by molar-refractivity contribution is 0.0974. The lowest BCUT2D eigenvalue weighted by atomic mass is 9.82. The van der Waals surface area contributed by atoms with Crippen LogP contribution in [0.25, 0.3) is 0 Å². The minimum absolute atomic E-state index is 0.0327. The number of phenolic OH excluding ortho intramolecular Hbond substituents is 2. The minimum Gasteiger partial charge on any atom is -0.507 e. The fraction of sp³-hybridized carbons (Fsp3) is 0.200. The summed E-state index contributed by atoms with van der Waals surface area (Å²) in [6.07, 6.45) is 1.67. The van der Waals surface area contributed by atoms with Gasteiger partial charge in [0.1, 0.15) is 23.9 Å². The number of aliphatic hydroxyl groups is 1. The van der Waals surface area contributed by atoms with Gasteiger partial charge in [-0.15, -0.1) is 0 Å². The topological polar surface area (TPSA) is 104 Å². The average Bonchev–Trinajstić information content (AvgIpc) is 2.58. The molecule has 1 aliphatic carbocycles. The molecule has 134 valence electrons. The first kappa shape index (κ1) is 17.7. The SMILES string of the molecule is C/C(=C\COc1cc(O)c2c(c1)C(=O)c1cc(C)cc(O)c1C2=O)CO. The van der Waals surface area contributed by atoms with Crippen molar-refractivity contribution in [2.45, 2.75) is 13.8 Å². The van der Waals surface area contributed by atoms with E-state index in [1.165, 1.54) is 24.3 Å². The summed E-state index contributed by atoms with van der Waals surface area (Å²) in [7, 11) is 0. The maximum absolute atomic E-state index is 12.8. The zero-order chi connectivity index (χ0) is 19.0. The van der Waals surface area contributed by atoms with Crippen molar-refractivity contribution in [1.82, 2.24) is 0 Å². The zero-order valence-corrected chi connectivity index (χ0v) is 14.4. The number of phenols is 2. The largest absolute Gasteiger partial charge is 0.507 e. The Kier molecular flexibility index (Phi) is 4.52. The van der Waals surface area contributed by atoms with E-state index in [0.29, 0.717) is 5.56 Å². The molecule has 0 radical (unpaired) electrons. The zero-order valence-electron chi connectivity index (χ0n) is 14.4. The summed E-state index contributed by atoms with van der Waals surface area (Å²) in [4.78, 5) is 25.5. The molecule has 26 heavy (non-hydrogen) atoms. The first-order valence-corrected chi connectivity index (χ1v) is 8.02. The average molecular weight is 354 g/mol. The molecule has 6 nitrogen and oxygen atoms in total. The molecule has 0 bridgehead atoms. The number of ketones is 2. The molecule has 2 aromatic carbocycles. The summed E-state index contributed by atoms with van der Waals surface area (Å²) in [5.74, 6) is -1.51. The molecule has 0 saturated heterocycles. The molecule has 0 heterocycles. The van der Waals surface area contributed by atoms with Gasteiger partial charge >= 0.3 is 0 Å². The van der Waals surface area contributed by atoms with Crippen molar-refractivity contribution < 1.29 is 29.6 Å². The van der Waals surface area contributed by atoms with Crippen molar-refractivity contribution in [3.63, 3.8) is 0 Å². The number of aliphatic hydroxyl groups excluding tert-OH is 1. The molecule has 0 atom stereocenters. The summed E-state index contributed by atoms with van der Waals surface area (Å²) in [6, 6.07) is 5.59. The van der Waals surface area contributed by atoms with Gasteiger partial charge in [-0.3, -0.25) is 9.59 Å². The highest BCUT2D eigenvalue weighted by Crippen LogP contribution is 2.39. The van der Waals surface area contributed by atoms with Crippen LogP contribution in [0.15, 0.2) is 35.9 Å². The molecule has 0 aliphatic heterocycles. The number of fused-ring (bicyclic) bond motifs is 2. The van der Waals surface area contributed by atoms with Crippen LogP contribution in [-0.4, -0.2) is 40.1 Å². The van der Waals surface area contributed by atoms with Crippen molar-refractivity contribution in [2.24, 2.45) is 0 Å². The van der Waals surface area contributed by atoms with Gasteiger partial charge in [0.15, 0.2) is 5.78 Å². The van der Waals surface area contributed by atoms with E-state index in [9.17, 15) is 19.8 Å². The van der Waals surface area contributed by atoms with Crippen molar-refractivity contribution in [3.05, 3.63) is 63.7 Å². The Morgan fingerprint density at radius 1 is 1.00 bits per heavy atom. The normalized spacial score (nSPS) is 13.4. The van der Waals surface area contributed by atoms with Crippen LogP contribution >= 0.6 is 0 Å². The van der Waals surface area contributed by atoms with Crippen molar-refractivity contribution in [1.29, 1.82) is 0 Å². The van der Waals surface area contributed by atoms with E-state index < -0.39 is 11.6 Å². The van der Waals surface area contributed by atoms with Gasteiger partial charge in [-0.25, -0.2) is 0 Å². The first-order valence-electron chi connectivity index (χ1n) is 8.02. The second-order valence-corrected chi connectivity index (χ2v) is 6.25. The second kappa shape index (κ2) is 6.65. The minimum atomic E-state index is -0.604. The van der Waals surface area contributed by atoms with Crippen LogP contribution in [0.5, 0.6) is 17.2 Å². The van der Waals surface area contributed by atoms with E-state index in [4.69, 9.17) is 9.84 Å². The highest BCUT2D eigenvalue weighted by atomic mass is 16.5. The number of carbonyl (C=O) groups is 2. The Hall–Kier alpha value is -3.12. The van der Waals surface area contributed by atoms with Gasteiger partial charge in [-0.1, -0.05) is 0 Å². The predicted molar refractivity (Wildman–Crippen MR) is 94.2 cm³/mol. The molecule has 3 rings (SSSR count). The standard InChI is InChI=1S/C20H18O6/c1-10(9-21)3-4-26-12-7-14-18(16(23)8-12)20(25)17-13(19(14)24)5-11(2)6-15(17)22/h3,5-8,21-23H,4,9H2,1-2H3/b10-3+. The van der Waals surface area contributed by atoms with Gasteiger partial charge in [0.05, 0.1) is 17.7 Å². The number of aromatic hydroxyl groups is 2. The number of hydrogen-bond acceptors (Lipinski definition) is 6. The Balaban J connectivity index is 2.05. The van der Waals surface area contributed by atoms with Crippen molar-refractivity contribution in [3.8, 4) is 17.2 Å². The smallest absolute Gasteiger partial charge is 0.201 e. The summed E-state index contributed by atoms with van der Waals surface area (Å²) in [6.45, 7) is 3.50. The lowest BCUT2D eigenvalue weighted by Crippen LogP contribution is -2.21. The molecule has 0 amide bonds. The van der Waals surface area contributed by atoms with Gasteiger partial charge in [0.2, 0.25) is 5.78 Å². The highest BCUT2D eigenvalue weighted by Gasteiger charge is 2.35. The quantitative estimate of drug-likeness (QED) is 0.622. The number of hydrogen-bond donors (Lipinski definition) is 3. The number of carbonyl (C=O) groups excluding carboxylic acids is 2. The molecule has 0 aromatic heterocycles. The Labute approximate surface area is 150 Å². The predicted octanol–water partition coefficient (Wildman–Crippen LogP) is 2.50. The second-order valence-electron chi connectivity index (χ2n) is 6.25. The van der Waals surface area contributed by atoms with Gasteiger partial charge < -0.3 is 20.1 Å². The number of aryl methyl sites for hydroxylation is 1. The van der Waals surface area contributed by atoms with E-state index in [0.717, 1.165) is 5.57 Å². The van der Waals surface area contributed by atoms with Crippen LogP contribution in [0.2, 0.25) is 0 Å². The monoisotopic (exact) mass is 354 g/mol. The Bertz CT molecular complexity index is 955. The summed E-state index contributed by atoms with van der Waals surface area (Å²) < 4.78 is 5.48. The molecule has 0 spiro atoms. The van der Waals surface area contributed by atoms with Crippen LogP contribution in [0, 0.1) is 6.92 Å². The van der Waals surface area contributed by atoms with E-state index in [1.54, 1.807) is 19.9 Å². The van der Waals surface area contributed by atoms with Crippen LogP contribution in [0.3, 0.4) is 0 Å². The van der Waals surface area contributed by atoms with E-state index in [-0.39, 0.29) is 52.7 Å². The third-order valence-electron chi connectivity index (χ3n) is 4.23. The molecule has 1 aliphatic rings. The van der Waals surface area contributed by atoms with E-state index >= 15 is 0 Å². The number of benzene rings is 2. The molecule has 6 heteroatoms. The number of ether oxygens (including phenoxy) is 1. The fourth-order valence-corrected chi connectivity index (χ4v) is 2.90. The van der Waals surface area contributed by atoms with Gasteiger partial charge in [-0.2, -0.15) is 0 Å². The summed E-state index contributed by atoms with van der Waals surface area (Å²) in [5, 5.41) is 29.3. The molecule has 0 saturated carbocycles. The van der Waals surface area contributed by atoms with Crippen LogP contribution in [0.1, 0.15) is 44.3 Å². The van der Waals surface area contributed by atoms with Gasteiger partial charge in [0, 0.05) is 17.2 Å². The lowest BCUT2D eigenvalue weighted by Gasteiger charge is -2.20. The molecule has 0 fully saturated rings. The first-order chi connectivity index (χ1) is 12.3. The molecular weight excluding hydrogens is 336 g/mol. The number of rotatable bonds is 4. The Morgan fingerprint density at radius 3 is 2.27 bits per heavy atom. The third-order valence-corrected chi connectivity index (χ3v) is 4.23. The van der Waals surface area contributed by atoms with Gasteiger partial charge in [-0.05, 0) is 49.3 Å². The molecule has 2 aromatic rings. The van der Waals surface area contributed by atoms with E-state index in [1.807, 2.05) is 0 Å². The van der Waals surface area contributed by atoms with Crippen molar-refractivity contribution >= 4 is 11.6 Å². The van der Waals surface area contributed by atoms with E-state index in [2.05, 4.69) is 0 Å². The fourth-order valence-electron chi connectivity index (χ4n) is 2.90. The molecule has 0 unspecified atom stereocenters. The van der Waals surface area contributed by atoms with Crippen LogP contribution < -0.4 is 4.74 Å². The highest BCUT2D eigenvalue weighted by molar-refractivity contribution is 6.30. The molecular formula is C20H18O6. The van der Waals surface area contributed by atoms with Crippen molar-refractivity contribution in [2.75, 3.05) is 13.2 Å². The maximum atomic E-state index is 12.8. The summed E-state index contributed by atoms with van der Waals surface area (Å²) >= 11 is 0. The van der Waals surface area contributed by atoms with Crippen LogP contribution in [-0.2, 0) is 0 Å². The molecule has 3 N–H and O–H groups in total. The van der Waals surface area contributed by atoms with Crippen LogP contribution in [0.4, 0.5) is 0 Å². The summed E-state index contributed by atoms with van der Waals surface area (Å²) in [5.41, 5.74) is 1.26.